The zero-order valence-electron chi connectivity index (χ0n) is 12.4. The van der Waals surface area contributed by atoms with Gasteiger partial charge in [-0.2, -0.15) is 5.26 Å². The number of nitrogens with zero attached hydrogens (tertiary/aromatic N) is 1. The van der Waals surface area contributed by atoms with Crippen molar-refractivity contribution in [2.75, 3.05) is 0 Å². The first-order valence-electron chi connectivity index (χ1n) is 6.54. The Balaban J connectivity index is 2.80. The second kappa shape index (κ2) is 7.40. The standard InChI is InChI=1S/C15H18Cl2N2OS/c1-9(2)15(4,8-18)19-14(20)10(3)21-13-7-11(16)5-6-12(13)17/h5-7,9-10H,1-4H3,(H,19,20)/t10-,15-/m0/s1. The van der Waals surface area contributed by atoms with E-state index in [0.717, 1.165) is 4.90 Å². The molecule has 6 heteroatoms. The highest BCUT2D eigenvalue weighted by Crippen LogP contribution is 2.33. The van der Waals surface area contributed by atoms with Gasteiger partial charge in [-0.05, 0) is 38.0 Å². The minimum absolute atomic E-state index is 0.0124. The minimum atomic E-state index is -0.885. The highest BCUT2D eigenvalue weighted by atomic mass is 35.5. The molecular weight excluding hydrogens is 327 g/mol. The summed E-state index contributed by atoms with van der Waals surface area (Å²) in [6.07, 6.45) is 0. The Bertz CT molecular complexity index is 571. The maximum absolute atomic E-state index is 12.3. The van der Waals surface area contributed by atoms with E-state index in [2.05, 4.69) is 11.4 Å². The number of benzene rings is 1. The molecule has 0 saturated carbocycles. The molecule has 0 bridgehead atoms. The highest BCUT2D eigenvalue weighted by molar-refractivity contribution is 8.00. The van der Waals surface area contributed by atoms with Gasteiger partial charge in [-0.25, -0.2) is 0 Å². The fourth-order valence-electron chi connectivity index (χ4n) is 1.47. The molecule has 1 N–H and O–H groups in total. The Morgan fingerprint density at radius 2 is 2.00 bits per heavy atom. The van der Waals surface area contributed by atoms with Crippen molar-refractivity contribution < 1.29 is 4.79 Å². The Hall–Kier alpha value is -0.890. The van der Waals surface area contributed by atoms with Crippen molar-refractivity contribution in [3.8, 4) is 6.07 Å². The summed E-state index contributed by atoms with van der Waals surface area (Å²) in [5.41, 5.74) is -0.885. The SMILES string of the molecule is CC(C)[C@](C)(C#N)NC(=O)[C@H](C)Sc1cc(Cl)ccc1Cl. The van der Waals surface area contributed by atoms with Crippen LogP contribution in [0, 0.1) is 17.2 Å². The van der Waals surface area contributed by atoms with E-state index in [-0.39, 0.29) is 17.1 Å². The predicted molar refractivity (Wildman–Crippen MR) is 88.8 cm³/mol. The Kier molecular flexibility index (Phi) is 6.40. The Morgan fingerprint density at radius 3 is 2.52 bits per heavy atom. The van der Waals surface area contributed by atoms with Crippen molar-refractivity contribution in [2.45, 2.75) is 43.4 Å². The summed E-state index contributed by atoms with van der Waals surface area (Å²) in [5.74, 6) is -0.188. The lowest BCUT2D eigenvalue weighted by atomic mass is 9.90. The number of thioether (sulfide) groups is 1. The second-order valence-electron chi connectivity index (χ2n) is 5.29. The Morgan fingerprint density at radius 1 is 1.38 bits per heavy atom. The smallest absolute Gasteiger partial charge is 0.234 e. The van der Waals surface area contributed by atoms with Crippen LogP contribution in [0.2, 0.25) is 10.0 Å². The fraction of sp³-hybridized carbons (Fsp3) is 0.467. The minimum Gasteiger partial charge on any atom is -0.337 e. The molecular formula is C15H18Cl2N2OS. The Labute approximate surface area is 140 Å². The van der Waals surface area contributed by atoms with E-state index >= 15 is 0 Å². The summed E-state index contributed by atoms with van der Waals surface area (Å²) in [7, 11) is 0. The van der Waals surface area contributed by atoms with Crippen LogP contribution in [0.4, 0.5) is 0 Å². The third kappa shape index (κ3) is 4.81. The van der Waals surface area contributed by atoms with E-state index in [1.807, 2.05) is 13.8 Å². The molecule has 3 nitrogen and oxygen atoms in total. The maximum atomic E-state index is 12.3. The molecule has 1 aromatic carbocycles. The average Bonchev–Trinajstić information content (AvgIpc) is 2.42. The van der Waals surface area contributed by atoms with Gasteiger partial charge in [-0.3, -0.25) is 4.79 Å². The lowest BCUT2D eigenvalue weighted by Gasteiger charge is -2.28. The molecule has 0 radical (unpaired) electrons. The number of nitrogens with one attached hydrogen (secondary N) is 1. The van der Waals surface area contributed by atoms with Gasteiger partial charge in [0.05, 0.1) is 16.3 Å². The fourth-order valence-corrected chi connectivity index (χ4v) is 2.88. The third-order valence-corrected chi connectivity index (χ3v) is 5.17. The molecule has 0 aliphatic rings. The molecule has 1 amide bonds. The van der Waals surface area contributed by atoms with Gasteiger partial charge in [-0.1, -0.05) is 37.0 Å². The summed E-state index contributed by atoms with van der Waals surface area (Å²) in [4.78, 5) is 13.0. The number of carbonyl (C=O) groups excluding carboxylic acids is 1. The van der Waals surface area contributed by atoms with Gasteiger partial charge in [0.1, 0.15) is 5.54 Å². The summed E-state index contributed by atoms with van der Waals surface area (Å²) in [6.45, 7) is 7.29. The molecule has 0 saturated heterocycles. The largest absolute Gasteiger partial charge is 0.337 e. The second-order valence-corrected chi connectivity index (χ2v) is 7.52. The van der Waals surface area contributed by atoms with Crippen LogP contribution in [0.5, 0.6) is 0 Å². The van der Waals surface area contributed by atoms with Crippen LogP contribution < -0.4 is 5.32 Å². The number of halogens is 2. The molecule has 0 fully saturated rings. The number of nitriles is 1. The molecule has 2 atom stereocenters. The van der Waals surface area contributed by atoms with Crippen LogP contribution in [-0.4, -0.2) is 16.7 Å². The lowest BCUT2D eigenvalue weighted by Crippen LogP contribution is -2.51. The first kappa shape index (κ1) is 18.2. The monoisotopic (exact) mass is 344 g/mol. The summed E-state index contributed by atoms with van der Waals surface area (Å²) in [5, 5.41) is 12.8. The van der Waals surface area contributed by atoms with Crippen LogP contribution in [-0.2, 0) is 4.79 Å². The van der Waals surface area contributed by atoms with E-state index in [1.165, 1.54) is 11.8 Å². The maximum Gasteiger partial charge on any atom is 0.234 e. The van der Waals surface area contributed by atoms with E-state index in [9.17, 15) is 10.1 Å². The summed E-state index contributed by atoms with van der Waals surface area (Å²) in [6, 6.07) is 7.28. The van der Waals surface area contributed by atoms with E-state index < -0.39 is 5.54 Å². The first-order valence-corrected chi connectivity index (χ1v) is 8.18. The van der Waals surface area contributed by atoms with Crippen molar-refractivity contribution in [1.29, 1.82) is 5.26 Å². The van der Waals surface area contributed by atoms with Crippen LogP contribution >= 0.6 is 35.0 Å². The average molecular weight is 345 g/mol. The number of rotatable bonds is 5. The zero-order valence-corrected chi connectivity index (χ0v) is 14.7. The zero-order chi connectivity index (χ0) is 16.2. The number of hydrogen-bond donors (Lipinski definition) is 1. The predicted octanol–water partition coefficient (Wildman–Crippen LogP) is 4.53. The van der Waals surface area contributed by atoms with Crippen molar-refractivity contribution in [3.63, 3.8) is 0 Å². The van der Waals surface area contributed by atoms with Crippen molar-refractivity contribution in [1.82, 2.24) is 5.32 Å². The first-order chi connectivity index (χ1) is 9.69. The van der Waals surface area contributed by atoms with E-state index in [1.54, 1.807) is 32.0 Å². The van der Waals surface area contributed by atoms with Crippen LogP contribution in [0.3, 0.4) is 0 Å². The molecule has 1 rings (SSSR count). The van der Waals surface area contributed by atoms with Gasteiger partial charge in [0.15, 0.2) is 0 Å². The molecule has 0 aliphatic carbocycles. The third-order valence-electron chi connectivity index (χ3n) is 3.34. The van der Waals surface area contributed by atoms with Crippen LogP contribution in [0.15, 0.2) is 23.1 Å². The topological polar surface area (TPSA) is 52.9 Å². The molecule has 0 aliphatic heterocycles. The van der Waals surface area contributed by atoms with Gasteiger partial charge in [0.2, 0.25) is 5.91 Å². The van der Waals surface area contributed by atoms with E-state index in [0.29, 0.717) is 10.0 Å². The number of hydrogen-bond acceptors (Lipinski definition) is 3. The normalized spacial score (nSPS) is 15.1. The molecule has 1 aromatic rings. The number of amides is 1. The quantitative estimate of drug-likeness (QED) is 0.798. The van der Waals surface area contributed by atoms with Gasteiger partial charge in [-0.15, -0.1) is 11.8 Å². The molecule has 0 heterocycles. The van der Waals surface area contributed by atoms with Crippen molar-refractivity contribution in [3.05, 3.63) is 28.2 Å². The van der Waals surface area contributed by atoms with Crippen molar-refractivity contribution in [2.24, 2.45) is 5.92 Å². The van der Waals surface area contributed by atoms with Gasteiger partial charge in [0.25, 0.3) is 0 Å². The van der Waals surface area contributed by atoms with Gasteiger partial charge < -0.3 is 5.32 Å². The van der Waals surface area contributed by atoms with Gasteiger partial charge in [0, 0.05) is 9.92 Å². The molecule has 0 unspecified atom stereocenters. The summed E-state index contributed by atoms with van der Waals surface area (Å²) >= 11 is 13.3. The molecule has 114 valence electrons. The van der Waals surface area contributed by atoms with E-state index in [4.69, 9.17) is 23.2 Å². The molecule has 0 spiro atoms. The summed E-state index contributed by atoms with van der Waals surface area (Å²) < 4.78 is 0. The van der Waals surface area contributed by atoms with Crippen LogP contribution in [0.25, 0.3) is 0 Å². The van der Waals surface area contributed by atoms with Crippen LogP contribution in [0.1, 0.15) is 27.7 Å². The molecule has 21 heavy (non-hydrogen) atoms. The highest BCUT2D eigenvalue weighted by Gasteiger charge is 2.31. The molecule has 0 aromatic heterocycles. The number of carbonyl (C=O) groups is 1. The van der Waals surface area contributed by atoms with Crippen molar-refractivity contribution >= 4 is 40.9 Å². The van der Waals surface area contributed by atoms with Gasteiger partial charge >= 0.3 is 0 Å². The lowest BCUT2D eigenvalue weighted by molar-refractivity contribution is -0.121.